The first kappa shape index (κ1) is 16.5. The van der Waals surface area contributed by atoms with Crippen molar-refractivity contribution in [3.8, 4) is 5.75 Å². The largest absolute Gasteiger partial charge is 0.494 e. The van der Waals surface area contributed by atoms with Crippen molar-refractivity contribution in [2.45, 2.75) is 13.5 Å². The lowest BCUT2D eigenvalue weighted by Crippen LogP contribution is -2.26. The van der Waals surface area contributed by atoms with Crippen LogP contribution in [-0.2, 0) is 6.54 Å². The Morgan fingerprint density at radius 1 is 1.22 bits per heavy atom. The maximum absolute atomic E-state index is 12.4. The minimum Gasteiger partial charge on any atom is -0.494 e. The molecule has 2 rings (SSSR count). The summed E-state index contributed by atoms with van der Waals surface area (Å²) in [7, 11) is 1.66. The molecule has 0 atom stereocenters. The number of hydrogen-bond donors (Lipinski definition) is 0. The number of nitro benzene ring substituents is 1. The minimum atomic E-state index is -0.447. The summed E-state index contributed by atoms with van der Waals surface area (Å²) in [6.45, 7) is 2.76. The lowest BCUT2D eigenvalue weighted by molar-refractivity contribution is -0.384. The van der Waals surface area contributed by atoms with Crippen LogP contribution >= 0.6 is 0 Å². The summed E-state index contributed by atoms with van der Waals surface area (Å²) in [6.07, 6.45) is 0. The molecule has 0 radical (unpaired) electrons. The molecule has 2 aromatic carbocycles. The topological polar surface area (TPSA) is 72.7 Å². The number of rotatable bonds is 6. The van der Waals surface area contributed by atoms with Crippen molar-refractivity contribution in [3.63, 3.8) is 0 Å². The van der Waals surface area contributed by atoms with Crippen LogP contribution in [0.5, 0.6) is 5.75 Å². The fourth-order valence-electron chi connectivity index (χ4n) is 2.19. The summed E-state index contributed by atoms with van der Waals surface area (Å²) in [6, 6.07) is 13.2. The first-order valence-corrected chi connectivity index (χ1v) is 7.23. The highest BCUT2D eigenvalue weighted by molar-refractivity contribution is 5.94. The summed E-state index contributed by atoms with van der Waals surface area (Å²) in [5.74, 6) is 0.560. The third-order valence-electron chi connectivity index (χ3n) is 3.30. The van der Waals surface area contributed by atoms with E-state index in [4.69, 9.17) is 4.74 Å². The molecule has 0 saturated carbocycles. The molecule has 0 aliphatic heterocycles. The molecule has 1 amide bonds. The van der Waals surface area contributed by atoms with Gasteiger partial charge in [-0.2, -0.15) is 0 Å². The van der Waals surface area contributed by atoms with Crippen LogP contribution in [0.25, 0.3) is 0 Å². The first-order valence-electron chi connectivity index (χ1n) is 7.23. The quantitative estimate of drug-likeness (QED) is 0.606. The van der Waals surface area contributed by atoms with E-state index in [0.717, 1.165) is 0 Å². The fraction of sp³-hybridized carbons (Fsp3) is 0.235. The number of amides is 1. The minimum absolute atomic E-state index is 0.0180. The second kappa shape index (κ2) is 7.40. The summed E-state index contributed by atoms with van der Waals surface area (Å²) in [5.41, 5.74) is 1.27. The number of carbonyl (C=O) groups excluding carboxylic acids is 1. The highest BCUT2D eigenvalue weighted by Gasteiger charge is 2.13. The average Bonchev–Trinajstić information content (AvgIpc) is 2.55. The number of carbonyl (C=O) groups is 1. The van der Waals surface area contributed by atoms with Gasteiger partial charge in [-0.15, -0.1) is 0 Å². The maximum atomic E-state index is 12.4. The molecule has 6 heteroatoms. The van der Waals surface area contributed by atoms with Crippen molar-refractivity contribution >= 4 is 11.6 Å². The Kier molecular flexibility index (Phi) is 5.30. The molecule has 0 N–H and O–H groups in total. The third kappa shape index (κ3) is 4.29. The summed E-state index contributed by atoms with van der Waals surface area (Å²) in [5, 5.41) is 10.8. The van der Waals surface area contributed by atoms with E-state index in [-0.39, 0.29) is 11.6 Å². The fourth-order valence-corrected chi connectivity index (χ4v) is 2.19. The molecule has 0 unspecified atom stereocenters. The Hall–Kier alpha value is -2.89. The van der Waals surface area contributed by atoms with Gasteiger partial charge in [0.15, 0.2) is 0 Å². The normalized spacial score (nSPS) is 10.2. The van der Waals surface area contributed by atoms with Gasteiger partial charge in [-0.25, -0.2) is 0 Å². The van der Waals surface area contributed by atoms with Crippen LogP contribution in [0, 0.1) is 10.1 Å². The number of hydrogen-bond acceptors (Lipinski definition) is 4. The molecule has 6 nitrogen and oxygen atoms in total. The Morgan fingerprint density at radius 2 is 1.91 bits per heavy atom. The van der Waals surface area contributed by atoms with Gasteiger partial charge in [0.05, 0.1) is 11.5 Å². The Morgan fingerprint density at radius 3 is 2.52 bits per heavy atom. The molecule has 0 heterocycles. The first-order chi connectivity index (χ1) is 11.0. The van der Waals surface area contributed by atoms with Gasteiger partial charge in [-0.05, 0) is 36.8 Å². The molecule has 0 bridgehead atoms. The molecule has 0 spiro atoms. The molecule has 120 valence electrons. The van der Waals surface area contributed by atoms with Gasteiger partial charge in [0.25, 0.3) is 11.6 Å². The van der Waals surface area contributed by atoms with Crippen LogP contribution in [0.15, 0.2) is 48.5 Å². The van der Waals surface area contributed by atoms with E-state index in [1.807, 2.05) is 6.92 Å². The van der Waals surface area contributed by atoms with Crippen molar-refractivity contribution in [3.05, 3.63) is 69.8 Å². The molecule has 23 heavy (non-hydrogen) atoms. The second-order valence-electron chi connectivity index (χ2n) is 5.05. The Labute approximate surface area is 134 Å². The van der Waals surface area contributed by atoms with Crippen LogP contribution in [0.4, 0.5) is 5.69 Å². The zero-order chi connectivity index (χ0) is 16.8. The van der Waals surface area contributed by atoms with Crippen LogP contribution in [0.3, 0.4) is 0 Å². The van der Waals surface area contributed by atoms with Crippen molar-refractivity contribution in [1.82, 2.24) is 4.90 Å². The number of benzene rings is 2. The standard InChI is InChI=1S/C17H18N2O4/c1-3-23-16-9-7-14(8-10-16)17(20)18(2)12-13-5-4-6-15(11-13)19(21)22/h4-11H,3,12H2,1-2H3. The maximum Gasteiger partial charge on any atom is 0.269 e. The predicted octanol–water partition coefficient (Wildman–Crippen LogP) is 3.27. The predicted molar refractivity (Wildman–Crippen MR) is 86.5 cm³/mol. The monoisotopic (exact) mass is 314 g/mol. The summed E-state index contributed by atoms with van der Waals surface area (Å²) < 4.78 is 5.34. The Balaban J connectivity index is 2.07. The van der Waals surface area contributed by atoms with Crippen LogP contribution in [-0.4, -0.2) is 29.4 Å². The smallest absolute Gasteiger partial charge is 0.269 e. The molecular weight excluding hydrogens is 296 g/mol. The van der Waals surface area contributed by atoms with Crippen LogP contribution in [0.2, 0.25) is 0 Å². The Bertz CT molecular complexity index is 698. The van der Waals surface area contributed by atoms with E-state index in [9.17, 15) is 14.9 Å². The molecule has 2 aromatic rings. The summed E-state index contributed by atoms with van der Waals surface area (Å²) >= 11 is 0. The average molecular weight is 314 g/mol. The van der Waals surface area contributed by atoms with E-state index in [2.05, 4.69) is 0 Å². The van der Waals surface area contributed by atoms with E-state index < -0.39 is 4.92 Å². The highest BCUT2D eigenvalue weighted by atomic mass is 16.6. The second-order valence-corrected chi connectivity index (χ2v) is 5.05. The van der Waals surface area contributed by atoms with E-state index >= 15 is 0 Å². The van der Waals surface area contributed by atoms with Crippen LogP contribution < -0.4 is 4.74 Å². The number of nitro groups is 1. The number of non-ortho nitro benzene ring substituents is 1. The lowest BCUT2D eigenvalue weighted by atomic mass is 10.1. The molecule has 0 saturated heterocycles. The van der Waals surface area contributed by atoms with E-state index in [1.54, 1.807) is 43.4 Å². The zero-order valence-corrected chi connectivity index (χ0v) is 13.1. The van der Waals surface area contributed by atoms with Gasteiger partial charge in [0, 0.05) is 31.3 Å². The van der Waals surface area contributed by atoms with E-state index in [0.29, 0.717) is 30.0 Å². The third-order valence-corrected chi connectivity index (χ3v) is 3.30. The molecule has 0 aliphatic rings. The van der Waals surface area contributed by atoms with Crippen molar-refractivity contribution in [2.75, 3.05) is 13.7 Å². The molecule has 0 aliphatic carbocycles. The summed E-state index contributed by atoms with van der Waals surface area (Å²) in [4.78, 5) is 24.3. The zero-order valence-electron chi connectivity index (χ0n) is 13.1. The van der Waals surface area contributed by atoms with E-state index in [1.165, 1.54) is 17.0 Å². The number of nitrogens with zero attached hydrogens (tertiary/aromatic N) is 2. The van der Waals surface area contributed by atoms with Gasteiger partial charge in [0.1, 0.15) is 5.75 Å². The van der Waals surface area contributed by atoms with Gasteiger partial charge >= 0.3 is 0 Å². The van der Waals surface area contributed by atoms with Crippen LogP contribution in [0.1, 0.15) is 22.8 Å². The van der Waals surface area contributed by atoms with Crippen molar-refractivity contribution in [2.24, 2.45) is 0 Å². The van der Waals surface area contributed by atoms with Gasteiger partial charge in [0.2, 0.25) is 0 Å². The SMILES string of the molecule is CCOc1ccc(C(=O)N(C)Cc2cccc([N+](=O)[O-])c2)cc1. The van der Waals surface area contributed by atoms with Gasteiger partial charge < -0.3 is 9.64 Å². The highest BCUT2D eigenvalue weighted by Crippen LogP contribution is 2.17. The van der Waals surface area contributed by atoms with Crippen molar-refractivity contribution < 1.29 is 14.5 Å². The molecule has 0 fully saturated rings. The molecular formula is C17H18N2O4. The van der Waals surface area contributed by atoms with Crippen molar-refractivity contribution in [1.29, 1.82) is 0 Å². The lowest BCUT2D eigenvalue weighted by Gasteiger charge is -2.17. The molecule has 0 aromatic heterocycles. The van der Waals surface area contributed by atoms with Gasteiger partial charge in [-0.1, -0.05) is 12.1 Å². The van der Waals surface area contributed by atoms with Gasteiger partial charge in [-0.3, -0.25) is 14.9 Å². The number of ether oxygens (including phenoxy) is 1.